The van der Waals surface area contributed by atoms with Crippen molar-refractivity contribution in [3.8, 4) is 0 Å². The van der Waals surface area contributed by atoms with Crippen molar-refractivity contribution in [2.45, 2.75) is 62.2 Å². The number of alkyl halides is 1. The zero-order valence-corrected chi connectivity index (χ0v) is 12.6. The Kier molecular flexibility index (Phi) is 4.89. The third kappa shape index (κ3) is 4.21. The third-order valence-corrected chi connectivity index (χ3v) is 6.61. The molecule has 0 aromatic heterocycles. The zero-order chi connectivity index (χ0) is 12.3. The lowest BCUT2D eigenvalue weighted by atomic mass is 9.91. The summed E-state index contributed by atoms with van der Waals surface area (Å²) in [6, 6.07) is 0.114. The molecule has 2 atom stereocenters. The van der Waals surface area contributed by atoms with Gasteiger partial charge in [-0.2, -0.15) is 0 Å². The SMILES string of the molecule is O=S(=O)(CC1CCCCC1)NC1CCCC1Br. The van der Waals surface area contributed by atoms with Crippen molar-refractivity contribution >= 4 is 26.0 Å². The Morgan fingerprint density at radius 3 is 2.29 bits per heavy atom. The molecule has 100 valence electrons. The summed E-state index contributed by atoms with van der Waals surface area (Å²) in [6.07, 6.45) is 9.01. The number of hydrogen-bond donors (Lipinski definition) is 1. The van der Waals surface area contributed by atoms with E-state index < -0.39 is 10.0 Å². The monoisotopic (exact) mass is 323 g/mol. The molecule has 2 aliphatic carbocycles. The van der Waals surface area contributed by atoms with Gasteiger partial charge >= 0.3 is 0 Å². The summed E-state index contributed by atoms with van der Waals surface area (Å²) in [5.74, 6) is 0.722. The zero-order valence-electron chi connectivity index (χ0n) is 10.2. The topological polar surface area (TPSA) is 46.2 Å². The van der Waals surface area contributed by atoms with Gasteiger partial charge in [0, 0.05) is 10.9 Å². The van der Waals surface area contributed by atoms with Crippen LogP contribution in [0.1, 0.15) is 51.4 Å². The summed E-state index contributed by atoms with van der Waals surface area (Å²) in [5, 5.41) is 0. The van der Waals surface area contributed by atoms with Crippen molar-refractivity contribution in [2.75, 3.05) is 5.75 Å². The minimum Gasteiger partial charge on any atom is -0.212 e. The summed E-state index contributed by atoms with van der Waals surface area (Å²) in [4.78, 5) is 0.323. The normalized spacial score (nSPS) is 31.8. The van der Waals surface area contributed by atoms with Crippen LogP contribution >= 0.6 is 15.9 Å². The lowest BCUT2D eigenvalue weighted by Gasteiger charge is -2.23. The second-order valence-corrected chi connectivity index (χ2v) is 8.43. The Balaban J connectivity index is 1.85. The Hall–Kier alpha value is 0.390. The van der Waals surface area contributed by atoms with Gasteiger partial charge in [-0.3, -0.25) is 0 Å². The molecule has 0 aromatic rings. The van der Waals surface area contributed by atoms with Crippen LogP contribution in [0.2, 0.25) is 0 Å². The molecule has 1 N–H and O–H groups in total. The van der Waals surface area contributed by atoms with Gasteiger partial charge in [0.1, 0.15) is 0 Å². The Morgan fingerprint density at radius 1 is 1.00 bits per heavy atom. The second-order valence-electron chi connectivity index (χ2n) is 5.46. The molecule has 0 spiro atoms. The van der Waals surface area contributed by atoms with Crippen molar-refractivity contribution in [3.05, 3.63) is 0 Å². The van der Waals surface area contributed by atoms with Crippen molar-refractivity contribution in [3.63, 3.8) is 0 Å². The molecule has 0 radical (unpaired) electrons. The summed E-state index contributed by atoms with van der Waals surface area (Å²) in [7, 11) is -3.08. The van der Waals surface area contributed by atoms with E-state index >= 15 is 0 Å². The van der Waals surface area contributed by atoms with Gasteiger partial charge in [0.2, 0.25) is 10.0 Å². The van der Waals surface area contributed by atoms with Gasteiger partial charge in [0.05, 0.1) is 5.75 Å². The van der Waals surface area contributed by atoms with Gasteiger partial charge in [-0.25, -0.2) is 13.1 Å². The van der Waals surface area contributed by atoms with Crippen LogP contribution in [-0.4, -0.2) is 25.0 Å². The highest BCUT2D eigenvalue weighted by molar-refractivity contribution is 9.09. The highest BCUT2D eigenvalue weighted by Gasteiger charge is 2.30. The molecule has 0 aliphatic heterocycles. The van der Waals surface area contributed by atoms with Crippen LogP contribution in [-0.2, 0) is 10.0 Å². The van der Waals surface area contributed by atoms with Crippen LogP contribution in [0.25, 0.3) is 0 Å². The van der Waals surface area contributed by atoms with Gasteiger partial charge in [-0.15, -0.1) is 0 Å². The highest BCUT2D eigenvalue weighted by Crippen LogP contribution is 2.28. The minimum atomic E-state index is -3.08. The van der Waals surface area contributed by atoms with Crippen LogP contribution in [0, 0.1) is 5.92 Å². The smallest absolute Gasteiger partial charge is 0.212 e. The van der Waals surface area contributed by atoms with E-state index in [1.54, 1.807) is 0 Å². The molecule has 0 aromatic carbocycles. The predicted octanol–water partition coefficient (Wildman–Crippen LogP) is 2.80. The van der Waals surface area contributed by atoms with Gasteiger partial charge in [-0.1, -0.05) is 41.6 Å². The van der Waals surface area contributed by atoms with E-state index in [1.165, 1.54) is 19.3 Å². The molecular weight excluding hydrogens is 302 g/mol. The number of sulfonamides is 1. The maximum absolute atomic E-state index is 12.1. The number of nitrogens with one attached hydrogen (secondary N) is 1. The van der Waals surface area contributed by atoms with Crippen LogP contribution in [0.15, 0.2) is 0 Å². The summed E-state index contributed by atoms with van der Waals surface area (Å²) in [5.41, 5.74) is 0. The van der Waals surface area contributed by atoms with E-state index in [0.29, 0.717) is 16.5 Å². The van der Waals surface area contributed by atoms with Crippen LogP contribution in [0.4, 0.5) is 0 Å². The average molecular weight is 324 g/mol. The summed E-state index contributed by atoms with van der Waals surface area (Å²) < 4.78 is 27.0. The molecule has 3 nitrogen and oxygen atoms in total. The van der Waals surface area contributed by atoms with Gasteiger partial charge in [0.15, 0.2) is 0 Å². The van der Waals surface area contributed by atoms with E-state index in [-0.39, 0.29) is 6.04 Å². The van der Waals surface area contributed by atoms with Crippen molar-refractivity contribution in [2.24, 2.45) is 5.92 Å². The minimum absolute atomic E-state index is 0.114. The third-order valence-electron chi connectivity index (χ3n) is 3.94. The van der Waals surface area contributed by atoms with Crippen LogP contribution in [0.5, 0.6) is 0 Å². The molecule has 17 heavy (non-hydrogen) atoms. The van der Waals surface area contributed by atoms with Gasteiger partial charge in [0.25, 0.3) is 0 Å². The Labute approximate surface area is 113 Å². The van der Waals surface area contributed by atoms with Crippen molar-refractivity contribution < 1.29 is 8.42 Å². The first kappa shape index (κ1) is 13.8. The maximum Gasteiger partial charge on any atom is 0.212 e. The second kappa shape index (κ2) is 6.02. The molecule has 0 saturated heterocycles. The van der Waals surface area contributed by atoms with Crippen molar-refractivity contribution in [1.29, 1.82) is 0 Å². The lowest BCUT2D eigenvalue weighted by Crippen LogP contribution is -2.40. The first-order chi connectivity index (χ1) is 8.07. The van der Waals surface area contributed by atoms with E-state index in [4.69, 9.17) is 0 Å². The molecule has 0 bridgehead atoms. The standard InChI is InChI=1S/C12H22BrNO2S/c13-11-7-4-8-12(11)14-17(15,16)9-10-5-2-1-3-6-10/h10-12,14H,1-9H2. The summed E-state index contributed by atoms with van der Waals surface area (Å²) >= 11 is 3.56. The van der Waals surface area contributed by atoms with E-state index in [2.05, 4.69) is 20.7 Å². The molecule has 5 heteroatoms. The molecule has 2 aliphatic rings. The van der Waals surface area contributed by atoms with Crippen molar-refractivity contribution in [1.82, 2.24) is 4.72 Å². The lowest BCUT2D eigenvalue weighted by molar-refractivity contribution is 0.383. The number of rotatable bonds is 4. The fraction of sp³-hybridized carbons (Fsp3) is 1.00. The molecule has 0 amide bonds. The quantitative estimate of drug-likeness (QED) is 0.808. The highest BCUT2D eigenvalue weighted by atomic mass is 79.9. The first-order valence-electron chi connectivity index (χ1n) is 6.71. The number of halogens is 1. The van der Waals surface area contributed by atoms with E-state index in [1.807, 2.05) is 0 Å². The average Bonchev–Trinajstić information content (AvgIpc) is 2.64. The van der Waals surface area contributed by atoms with Crippen LogP contribution < -0.4 is 4.72 Å². The molecule has 0 heterocycles. The van der Waals surface area contributed by atoms with E-state index in [0.717, 1.165) is 32.1 Å². The molecule has 2 saturated carbocycles. The fourth-order valence-electron chi connectivity index (χ4n) is 2.99. The van der Waals surface area contributed by atoms with E-state index in [9.17, 15) is 8.42 Å². The first-order valence-corrected chi connectivity index (χ1v) is 9.28. The van der Waals surface area contributed by atoms with Gasteiger partial charge in [-0.05, 0) is 31.6 Å². The van der Waals surface area contributed by atoms with Gasteiger partial charge < -0.3 is 0 Å². The largest absolute Gasteiger partial charge is 0.212 e. The van der Waals surface area contributed by atoms with Crippen LogP contribution in [0.3, 0.4) is 0 Å². The number of hydrogen-bond acceptors (Lipinski definition) is 2. The Bertz CT molecular complexity index is 338. The molecular formula is C12H22BrNO2S. The predicted molar refractivity (Wildman–Crippen MR) is 73.9 cm³/mol. The maximum atomic E-state index is 12.1. The molecule has 2 unspecified atom stereocenters. The fourth-order valence-corrected chi connectivity index (χ4v) is 5.68. The Morgan fingerprint density at radius 2 is 1.71 bits per heavy atom. The molecule has 2 rings (SSSR count). The summed E-state index contributed by atoms with van der Waals surface area (Å²) in [6.45, 7) is 0. The molecule has 2 fully saturated rings.